The van der Waals surface area contributed by atoms with Gasteiger partial charge >= 0.3 is 0 Å². The molecule has 0 radical (unpaired) electrons. The average Bonchev–Trinajstić information content (AvgIpc) is 2.85. The van der Waals surface area contributed by atoms with Gasteiger partial charge in [0.15, 0.2) is 0 Å². The lowest BCUT2D eigenvalue weighted by molar-refractivity contribution is -0.122. The second kappa shape index (κ2) is 9.36. The maximum Gasteiger partial charge on any atom is 0.234 e. The third-order valence-electron chi connectivity index (χ3n) is 4.55. The summed E-state index contributed by atoms with van der Waals surface area (Å²) in [5.74, 6) is 1.65. The molecule has 0 unspecified atom stereocenters. The summed E-state index contributed by atoms with van der Waals surface area (Å²) in [7, 11) is 2.13. The van der Waals surface area contributed by atoms with Crippen LogP contribution in [0.15, 0.2) is 54.6 Å². The number of benzene rings is 2. The fraction of sp³-hybridized carbons (Fsp3) is 0.381. The molecule has 0 atom stereocenters. The largest absolute Gasteiger partial charge is 0.457 e. The van der Waals surface area contributed by atoms with Crippen LogP contribution < -0.4 is 10.1 Å². The van der Waals surface area contributed by atoms with Gasteiger partial charge in [0, 0.05) is 19.6 Å². The van der Waals surface area contributed by atoms with Crippen molar-refractivity contribution >= 4 is 5.91 Å². The van der Waals surface area contributed by atoms with Crippen molar-refractivity contribution in [1.29, 1.82) is 0 Å². The molecule has 3 rings (SSSR count). The van der Waals surface area contributed by atoms with Gasteiger partial charge in [0.05, 0.1) is 6.54 Å². The predicted molar refractivity (Wildman–Crippen MR) is 103 cm³/mol. The maximum atomic E-state index is 12.3. The Hall–Kier alpha value is -2.37. The molecule has 1 fully saturated rings. The highest BCUT2D eigenvalue weighted by molar-refractivity contribution is 5.78. The van der Waals surface area contributed by atoms with Gasteiger partial charge in [0.1, 0.15) is 11.5 Å². The molecule has 2 aromatic rings. The zero-order chi connectivity index (χ0) is 18.2. The number of rotatable bonds is 6. The van der Waals surface area contributed by atoms with E-state index in [4.69, 9.17) is 4.74 Å². The molecular formula is C21H27N3O2. The Bertz CT molecular complexity index is 705. The van der Waals surface area contributed by atoms with Crippen LogP contribution in [0, 0.1) is 0 Å². The molecule has 26 heavy (non-hydrogen) atoms. The second-order valence-electron chi connectivity index (χ2n) is 6.77. The molecule has 2 aromatic carbocycles. The molecule has 0 aliphatic carbocycles. The van der Waals surface area contributed by atoms with Crippen LogP contribution in [0.1, 0.15) is 12.0 Å². The van der Waals surface area contributed by atoms with E-state index < -0.39 is 0 Å². The fourth-order valence-corrected chi connectivity index (χ4v) is 3.06. The van der Waals surface area contributed by atoms with E-state index in [2.05, 4.69) is 22.2 Å². The molecule has 1 aliphatic heterocycles. The monoisotopic (exact) mass is 353 g/mol. The first-order valence-corrected chi connectivity index (χ1v) is 9.18. The molecule has 0 aromatic heterocycles. The van der Waals surface area contributed by atoms with E-state index in [1.54, 1.807) is 0 Å². The van der Waals surface area contributed by atoms with Gasteiger partial charge in [-0.05, 0) is 56.4 Å². The summed E-state index contributed by atoms with van der Waals surface area (Å²) >= 11 is 0. The average molecular weight is 353 g/mol. The van der Waals surface area contributed by atoms with Crippen molar-refractivity contribution in [2.24, 2.45) is 0 Å². The third kappa shape index (κ3) is 5.86. The Morgan fingerprint density at radius 1 is 1.00 bits per heavy atom. The van der Waals surface area contributed by atoms with Crippen molar-refractivity contribution in [3.8, 4) is 11.5 Å². The van der Waals surface area contributed by atoms with E-state index in [9.17, 15) is 4.79 Å². The molecule has 0 saturated carbocycles. The predicted octanol–water partition coefficient (Wildman–Crippen LogP) is 2.73. The number of nitrogens with zero attached hydrogens (tertiary/aromatic N) is 2. The fourth-order valence-electron chi connectivity index (χ4n) is 3.06. The summed E-state index contributed by atoms with van der Waals surface area (Å²) in [5, 5.41) is 3.02. The molecule has 0 bridgehead atoms. The number of likely N-dealkylation sites (N-methyl/N-ethyl adjacent to an activating group) is 1. The number of hydrogen-bond acceptors (Lipinski definition) is 4. The third-order valence-corrected chi connectivity index (χ3v) is 4.55. The summed E-state index contributed by atoms with van der Waals surface area (Å²) in [6.45, 7) is 5.04. The van der Waals surface area contributed by atoms with E-state index in [1.165, 1.54) is 0 Å². The van der Waals surface area contributed by atoms with Crippen LogP contribution in [0.4, 0.5) is 0 Å². The number of carbonyl (C=O) groups is 1. The number of para-hydroxylation sites is 1. The normalized spacial score (nSPS) is 16.0. The molecule has 1 heterocycles. The number of amides is 1. The summed E-state index contributed by atoms with van der Waals surface area (Å²) < 4.78 is 5.85. The molecule has 1 saturated heterocycles. The first-order valence-electron chi connectivity index (χ1n) is 9.18. The zero-order valence-electron chi connectivity index (χ0n) is 15.4. The SMILES string of the molecule is CN1CCCN(CC(=O)NCc2cccc(Oc3ccccc3)c2)CC1. The van der Waals surface area contributed by atoms with Gasteiger partial charge in [-0.3, -0.25) is 9.69 Å². The Labute approximate surface area is 155 Å². The van der Waals surface area contributed by atoms with Crippen LogP contribution in [0.3, 0.4) is 0 Å². The molecular weight excluding hydrogens is 326 g/mol. The van der Waals surface area contributed by atoms with Crippen LogP contribution in [-0.2, 0) is 11.3 Å². The maximum absolute atomic E-state index is 12.3. The molecule has 5 nitrogen and oxygen atoms in total. The zero-order valence-corrected chi connectivity index (χ0v) is 15.4. The summed E-state index contributed by atoms with van der Waals surface area (Å²) in [5.41, 5.74) is 1.03. The lowest BCUT2D eigenvalue weighted by Gasteiger charge is -2.19. The van der Waals surface area contributed by atoms with E-state index in [-0.39, 0.29) is 5.91 Å². The number of ether oxygens (including phenoxy) is 1. The van der Waals surface area contributed by atoms with E-state index in [0.717, 1.165) is 49.7 Å². The first-order chi connectivity index (χ1) is 12.7. The van der Waals surface area contributed by atoms with Crippen LogP contribution in [0.25, 0.3) is 0 Å². The van der Waals surface area contributed by atoms with Crippen molar-refractivity contribution in [2.45, 2.75) is 13.0 Å². The highest BCUT2D eigenvalue weighted by Crippen LogP contribution is 2.21. The smallest absolute Gasteiger partial charge is 0.234 e. The Kier molecular flexibility index (Phi) is 6.63. The second-order valence-corrected chi connectivity index (χ2v) is 6.77. The van der Waals surface area contributed by atoms with Crippen molar-refractivity contribution in [2.75, 3.05) is 39.8 Å². The topological polar surface area (TPSA) is 44.8 Å². The van der Waals surface area contributed by atoms with Gasteiger partial charge in [0.25, 0.3) is 0 Å². The number of nitrogens with one attached hydrogen (secondary N) is 1. The Balaban J connectivity index is 1.48. The van der Waals surface area contributed by atoms with Crippen LogP contribution in [0.5, 0.6) is 11.5 Å². The van der Waals surface area contributed by atoms with Crippen molar-refractivity contribution in [3.05, 3.63) is 60.2 Å². The number of hydrogen-bond donors (Lipinski definition) is 1. The molecule has 1 amide bonds. The van der Waals surface area contributed by atoms with Crippen LogP contribution in [-0.4, -0.2) is 55.5 Å². The van der Waals surface area contributed by atoms with E-state index in [0.29, 0.717) is 13.1 Å². The van der Waals surface area contributed by atoms with Crippen LogP contribution >= 0.6 is 0 Å². The molecule has 0 spiro atoms. The minimum Gasteiger partial charge on any atom is -0.457 e. The van der Waals surface area contributed by atoms with Gasteiger partial charge in [-0.2, -0.15) is 0 Å². The molecule has 1 aliphatic rings. The van der Waals surface area contributed by atoms with Crippen LogP contribution in [0.2, 0.25) is 0 Å². The minimum atomic E-state index is 0.0731. The minimum absolute atomic E-state index is 0.0731. The standard InChI is InChI=1S/C21H27N3O2/c1-23-11-6-12-24(14-13-23)17-21(25)22-16-18-7-5-10-20(15-18)26-19-8-3-2-4-9-19/h2-5,7-10,15H,6,11-14,16-17H2,1H3,(H,22,25). The van der Waals surface area contributed by atoms with Gasteiger partial charge in [-0.15, -0.1) is 0 Å². The Morgan fingerprint density at radius 3 is 2.65 bits per heavy atom. The molecule has 1 N–H and O–H groups in total. The summed E-state index contributed by atoms with van der Waals surface area (Å²) in [6, 6.07) is 17.5. The summed E-state index contributed by atoms with van der Waals surface area (Å²) in [4.78, 5) is 16.8. The molecule has 138 valence electrons. The van der Waals surface area contributed by atoms with E-state index in [1.807, 2.05) is 54.6 Å². The highest BCUT2D eigenvalue weighted by Gasteiger charge is 2.14. The Morgan fingerprint density at radius 2 is 1.81 bits per heavy atom. The first kappa shape index (κ1) is 18.4. The van der Waals surface area contributed by atoms with Gasteiger partial charge < -0.3 is 15.0 Å². The quantitative estimate of drug-likeness (QED) is 0.867. The number of carbonyl (C=O) groups excluding carboxylic acids is 1. The van der Waals surface area contributed by atoms with Gasteiger partial charge in [-0.1, -0.05) is 30.3 Å². The van der Waals surface area contributed by atoms with Crippen molar-refractivity contribution < 1.29 is 9.53 Å². The van der Waals surface area contributed by atoms with Crippen molar-refractivity contribution in [1.82, 2.24) is 15.1 Å². The summed E-state index contributed by atoms with van der Waals surface area (Å²) in [6.07, 6.45) is 1.11. The van der Waals surface area contributed by atoms with Crippen molar-refractivity contribution in [3.63, 3.8) is 0 Å². The lowest BCUT2D eigenvalue weighted by atomic mass is 10.2. The van der Waals surface area contributed by atoms with E-state index >= 15 is 0 Å². The lowest BCUT2D eigenvalue weighted by Crippen LogP contribution is -2.38. The highest BCUT2D eigenvalue weighted by atomic mass is 16.5. The van der Waals surface area contributed by atoms with Gasteiger partial charge in [-0.25, -0.2) is 0 Å². The van der Waals surface area contributed by atoms with Gasteiger partial charge in [0.2, 0.25) is 5.91 Å². The molecule has 5 heteroatoms.